The summed E-state index contributed by atoms with van der Waals surface area (Å²) in [5.41, 5.74) is 0.631. The van der Waals surface area contributed by atoms with Crippen LogP contribution in [0.5, 0.6) is 0 Å². The molecule has 2 heterocycles. The van der Waals surface area contributed by atoms with E-state index < -0.39 is 16.1 Å². The molecule has 3 unspecified atom stereocenters. The van der Waals surface area contributed by atoms with Gasteiger partial charge in [0, 0.05) is 30.7 Å². The number of piperidine rings is 1. The Balaban J connectivity index is 1.43. The fourth-order valence-electron chi connectivity index (χ4n) is 5.68. The van der Waals surface area contributed by atoms with Crippen molar-refractivity contribution >= 4 is 21.8 Å². The highest BCUT2D eigenvalue weighted by atomic mass is 32.2. The second kappa shape index (κ2) is 9.91. The summed E-state index contributed by atoms with van der Waals surface area (Å²) in [4.78, 5) is 28.6. The topological polar surface area (TPSA) is 86.8 Å². The monoisotopic (exact) mass is 461 g/mol. The Morgan fingerprint density at radius 1 is 1.03 bits per heavy atom. The van der Waals surface area contributed by atoms with Gasteiger partial charge in [0.05, 0.1) is 5.75 Å². The van der Waals surface area contributed by atoms with Crippen LogP contribution in [-0.2, 0) is 14.8 Å². The number of hydrogen-bond donors (Lipinski definition) is 1. The van der Waals surface area contributed by atoms with Crippen LogP contribution in [0.4, 0.5) is 0 Å². The summed E-state index contributed by atoms with van der Waals surface area (Å²) in [5, 5.41) is 3.16. The molecule has 1 saturated carbocycles. The van der Waals surface area contributed by atoms with E-state index in [0.717, 1.165) is 32.1 Å². The summed E-state index contributed by atoms with van der Waals surface area (Å²) in [6.45, 7) is 2.75. The summed E-state index contributed by atoms with van der Waals surface area (Å²) in [6, 6.07) is 8.88. The Labute approximate surface area is 191 Å². The molecule has 0 radical (unpaired) electrons. The molecule has 1 aromatic carbocycles. The Morgan fingerprint density at radius 3 is 2.41 bits per heavy atom. The molecular weight excluding hydrogens is 426 g/mol. The highest BCUT2D eigenvalue weighted by Gasteiger charge is 2.47. The third-order valence-electron chi connectivity index (χ3n) is 7.30. The van der Waals surface area contributed by atoms with Crippen LogP contribution < -0.4 is 5.32 Å². The maximum atomic E-state index is 13.4. The van der Waals surface area contributed by atoms with Crippen LogP contribution in [0.1, 0.15) is 68.6 Å². The lowest BCUT2D eigenvalue weighted by Crippen LogP contribution is -2.53. The van der Waals surface area contributed by atoms with Crippen LogP contribution in [0.15, 0.2) is 30.3 Å². The Morgan fingerprint density at radius 2 is 1.72 bits per heavy atom. The number of rotatable bonds is 6. The van der Waals surface area contributed by atoms with E-state index in [4.69, 9.17) is 0 Å². The highest BCUT2D eigenvalue weighted by molar-refractivity contribution is 7.89. The van der Waals surface area contributed by atoms with E-state index in [1.54, 1.807) is 4.31 Å². The van der Waals surface area contributed by atoms with Gasteiger partial charge in [0.15, 0.2) is 0 Å². The number of amides is 2. The van der Waals surface area contributed by atoms with Crippen molar-refractivity contribution in [1.29, 1.82) is 0 Å². The first-order valence-corrected chi connectivity index (χ1v) is 13.7. The van der Waals surface area contributed by atoms with Crippen LogP contribution in [0.3, 0.4) is 0 Å². The molecule has 4 rings (SSSR count). The molecule has 3 atom stereocenters. The van der Waals surface area contributed by atoms with Crippen LogP contribution in [0.25, 0.3) is 0 Å². The standard InChI is InChI=1S/C24H35N3O4S/c1-2-16-32(30,31)26-14-12-20(13-15-26)25-23(28)22-17-19-10-6-7-11-21(19)27(22)24(29)18-8-4-3-5-9-18/h3-5,8-9,19-22H,2,6-7,10-17H2,1H3,(H,25,28). The third kappa shape index (κ3) is 4.86. The largest absolute Gasteiger partial charge is 0.351 e. The molecule has 3 aliphatic rings. The lowest BCUT2D eigenvalue weighted by molar-refractivity contribution is -0.126. The van der Waals surface area contributed by atoms with Crippen molar-refractivity contribution < 1.29 is 18.0 Å². The van der Waals surface area contributed by atoms with Crippen molar-refractivity contribution in [3.8, 4) is 0 Å². The zero-order chi connectivity index (χ0) is 22.7. The number of hydrogen-bond acceptors (Lipinski definition) is 4. The molecule has 7 nitrogen and oxygen atoms in total. The smallest absolute Gasteiger partial charge is 0.254 e. The lowest BCUT2D eigenvalue weighted by Gasteiger charge is -2.35. The second-order valence-electron chi connectivity index (χ2n) is 9.44. The quantitative estimate of drug-likeness (QED) is 0.706. The third-order valence-corrected chi connectivity index (χ3v) is 9.38. The summed E-state index contributed by atoms with van der Waals surface area (Å²) in [5.74, 6) is 0.415. The van der Waals surface area contributed by atoms with E-state index in [9.17, 15) is 18.0 Å². The van der Waals surface area contributed by atoms with Gasteiger partial charge in [-0.05, 0) is 56.6 Å². The van der Waals surface area contributed by atoms with Gasteiger partial charge in [-0.3, -0.25) is 9.59 Å². The Bertz CT molecular complexity index is 912. The number of nitrogens with one attached hydrogen (secondary N) is 1. The van der Waals surface area contributed by atoms with Crippen LogP contribution in [0.2, 0.25) is 0 Å². The number of likely N-dealkylation sites (tertiary alicyclic amines) is 1. The number of carbonyl (C=O) groups is 2. The average molecular weight is 462 g/mol. The van der Waals surface area contributed by atoms with Gasteiger partial charge in [-0.25, -0.2) is 12.7 Å². The molecule has 2 saturated heterocycles. The fraction of sp³-hybridized carbons (Fsp3) is 0.667. The summed E-state index contributed by atoms with van der Waals surface area (Å²) in [6.07, 6.45) is 6.84. The number of carbonyl (C=O) groups excluding carboxylic acids is 2. The maximum absolute atomic E-state index is 13.4. The van der Waals surface area contributed by atoms with Crippen molar-refractivity contribution in [2.75, 3.05) is 18.8 Å². The number of fused-ring (bicyclic) bond motifs is 1. The molecule has 3 fully saturated rings. The molecule has 0 aromatic heterocycles. The zero-order valence-corrected chi connectivity index (χ0v) is 19.7. The van der Waals surface area contributed by atoms with Crippen molar-refractivity contribution in [2.24, 2.45) is 5.92 Å². The highest BCUT2D eigenvalue weighted by Crippen LogP contribution is 2.40. The van der Waals surface area contributed by atoms with Crippen molar-refractivity contribution in [2.45, 2.75) is 76.4 Å². The molecule has 0 spiro atoms. The van der Waals surface area contributed by atoms with E-state index in [1.807, 2.05) is 42.2 Å². The predicted octanol–water partition coefficient (Wildman–Crippen LogP) is 2.78. The van der Waals surface area contributed by atoms with Gasteiger partial charge in [0.1, 0.15) is 6.04 Å². The first kappa shape index (κ1) is 23.2. The van der Waals surface area contributed by atoms with Crippen molar-refractivity contribution in [3.05, 3.63) is 35.9 Å². The normalized spacial score (nSPS) is 27.2. The van der Waals surface area contributed by atoms with Crippen LogP contribution >= 0.6 is 0 Å². The van der Waals surface area contributed by atoms with E-state index in [1.165, 1.54) is 0 Å². The maximum Gasteiger partial charge on any atom is 0.254 e. The predicted molar refractivity (Wildman–Crippen MR) is 124 cm³/mol. The summed E-state index contributed by atoms with van der Waals surface area (Å²) in [7, 11) is -3.20. The van der Waals surface area contributed by atoms with Gasteiger partial charge in [-0.15, -0.1) is 0 Å². The number of sulfonamides is 1. The molecule has 32 heavy (non-hydrogen) atoms. The lowest BCUT2D eigenvalue weighted by atomic mass is 9.84. The molecule has 1 N–H and O–H groups in total. The molecule has 2 amide bonds. The van der Waals surface area contributed by atoms with E-state index in [2.05, 4.69) is 5.32 Å². The van der Waals surface area contributed by atoms with Gasteiger partial charge in [-0.2, -0.15) is 0 Å². The Hall–Kier alpha value is -1.93. The van der Waals surface area contributed by atoms with Gasteiger partial charge >= 0.3 is 0 Å². The number of benzene rings is 1. The average Bonchev–Trinajstić information content (AvgIpc) is 3.19. The molecule has 0 bridgehead atoms. The van der Waals surface area contributed by atoms with E-state index in [0.29, 0.717) is 43.8 Å². The minimum atomic E-state index is -3.20. The number of nitrogens with zero attached hydrogens (tertiary/aromatic N) is 2. The fourth-order valence-corrected chi connectivity index (χ4v) is 7.22. The first-order chi connectivity index (χ1) is 15.4. The van der Waals surface area contributed by atoms with Crippen molar-refractivity contribution in [3.63, 3.8) is 0 Å². The molecule has 1 aromatic rings. The van der Waals surface area contributed by atoms with E-state index >= 15 is 0 Å². The van der Waals surface area contributed by atoms with Crippen LogP contribution in [-0.4, -0.2) is 66.4 Å². The SMILES string of the molecule is CCCS(=O)(=O)N1CCC(NC(=O)C2CC3CCCCC3N2C(=O)c2ccccc2)CC1. The summed E-state index contributed by atoms with van der Waals surface area (Å²) < 4.78 is 26.2. The molecule has 1 aliphatic carbocycles. The molecule has 2 aliphatic heterocycles. The Kier molecular flexibility index (Phi) is 7.20. The first-order valence-electron chi connectivity index (χ1n) is 12.1. The minimum absolute atomic E-state index is 0.0492. The summed E-state index contributed by atoms with van der Waals surface area (Å²) >= 11 is 0. The van der Waals surface area contributed by atoms with E-state index in [-0.39, 0.29) is 29.7 Å². The second-order valence-corrected chi connectivity index (χ2v) is 11.5. The van der Waals surface area contributed by atoms with Gasteiger partial charge < -0.3 is 10.2 Å². The van der Waals surface area contributed by atoms with Gasteiger partial charge in [0.2, 0.25) is 15.9 Å². The van der Waals surface area contributed by atoms with Crippen LogP contribution in [0, 0.1) is 5.92 Å². The minimum Gasteiger partial charge on any atom is -0.351 e. The van der Waals surface area contributed by atoms with Gasteiger partial charge in [0.25, 0.3) is 5.91 Å². The molecular formula is C24H35N3O4S. The molecule has 176 valence electrons. The zero-order valence-electron chi connectivity index (χ0n) is 18.9. The van der Waals surface area contributed by atoms with Crippen molar-refractivity contribution in [1.82, 2.24) is 14.5 Å². The molecule has 8 heteroatoms. The van der Waals surface area contributed by atoms with Gasteiger partial charge in [-0.1, -0.05) is 38.0 Å².